The molecule has 1 aromatic heterocycles. The minimum Gasteiger partial charge on any atom is -0.350 e. The summed E-state index contributed by atoms with van der Waals surface area (Å²) in [4.78, 5) is 16.9. The summed E-state index contributed by atoms with van der Waals surface area (Å²) < 4.78 is 24.5. The number of sulfone groups is 1. The van der Waals surface area contributed by atoms with Crippen molar-refractivity contribution in [2.24, 2.45) is 0 Å². The van der Waals surface area contributed by atoms with Crippen LogP contribution in [-0.4, -0.2) is 31.6 Å². The molecule has 0 radical (unpaired) electrons. The summed E-state index contributed by atoms with van der Waals surface area (Å²) in [5, 5.41) is 5.10. The van der Waals surface area contributed by atoms with Crippen molar-refractivity contribution >= 4 is 27.1 Å². The molecular weight excluding hydrogens is 380 g/mol. The lowest BCUT2D eigenvalue weighted by Gasteiger charge is -2.05. The van der Waals surface area contributed by atoms with Crippen LogP contribution in [0.2, 0.25) is 0 Å². The minimum absolute atomic E-state index is 0.0342. The first kappa shape index (κ1) is 19.3. The first-order valence-electron chi connectivity index (χ1n) is 8.46. The summed E-state index contributed by atoms with van der Waals surface area (Å²) in [5.41, 5.74) is 3.57. The second-order valence-electron chi connectivity index (χ2n) is 6.24. The van der Waals surface area contributed by atoms with Gasteiger partial charge in [0.2, 0.25) is 0 Å². The van der Waals surface area contributed by atoms with Crippen molar-refractivity contribution in [1.82, 2.24) is 10.3 Å². The van der Waals surface area contributed by atoms with Crippen LogP contribution in [0.4, 0.5) is 0 Å². The van der Waals surface area contributed by atoms with Crippen molar-refractivity contribution < 1.29 is 13.2 Å². The highest BCUT2D eigenvalue weighted by molar-refractivity contribution is 7.91. The smallest absolute Gasteiger partial charge is 0.270 e. The van der Waals surface area contributed by atoms with Crippen LogP contribution in [-0.2, 0) is 9.84 Å². The lowest BCUT2D eigenvalue weighted by atomic mass is 10.1. The van der Waals surface area contributed by atoms with Gasteiger partial charge in [0.05, 0.1) is 10.6 Å². The van der Waals surface area contributed by atoms with Gasteiger partial charge in [0.1, 0.15) is 10.7 Å². The number of hydrogen-bond acceptors (Lipinski definition) is 5. The Morgan fingerprint density at radius 3 is 2.56 bits per heavy atom. The van der Waals surface area contributed by atoms with Gasteiger partial charge in [-0.2, -0.15) is 0 Å². The van der Waals surface area contributed by atoms with E-state index in [1.807, 2.05) is 26.0 Å². The molecule has 140 valence electrons. The summed E-state index contributed by atoms with van der Waals surface area (Å²) in [6, 6.07) is 14.3. The highest BCUT2D eigenvalue weighted by Crippen LogP contribution is 2.27. The molecule has 0 bridgehead atoms. The monoisotopic (exact) mass is 400 g/mol. The molecule has 7 heteroatoms. The van der Waals surface area contributed by atoms with E-state index in [4.69, 9.17) is 0 Å². The van der Waals surface area contributed by atoms with E-state index in [0.29, 0.717) is 5.69 Å². The molecule has 0 saturated heterocycles. The van der Waals surface area contributed by atoms with E-state index < -0.39 is 9.84 Å². The molecule has 0 unspecified atom stereocenters. The molecule has 5 nitrogen and oxygen atoms in total. The Labute approximate surface area is 163 Å². The average Bonchev–Trinajstić information content (AvgIpc) is 3.12. The second kappa shape index (κ2) is 8.02. The van der Waals surface area contributed by atoms with Crippen LogP contribution in [0.5, 0.6) is 0 Å². The molecule has 0 atom stereocenters. The SMILES string of the molecule is Cc1ccc(-c2nc(C(=O)NCCS(=O)(=O)c3ccccc3)cs2)c(C)c1. The molecule has 0 fully saturated rings. The summed E-state index contributed by atoms with van der Waals surface area (Å²) >= 11 is 1.40. The number of nitrogens with one attached hydrogen (secondary N) is 1. The van der Waals surface area contributed by atoms with Crippen molar-refractivity contribution in [3.05, 3.63) is 70.7 Å². The third kappa shape index (κ3) is 4.61. The average molecular weight is 401 g/mol. The zero-order chi connectivity index (χ0) is 19.4. The van der Waals surface area contributed by atoms with Crippen molar-refractivity contribution in [3.8, 4) is 10.6 Å². The number of benzene rings is 2. The Morgan fingerprint density at radius 2 is 1.85 bits per heavy atom. The molecule has 1 N–H and O–H groups in total. The van der Waals surface area contributed by atoms with Gasteiger partial charge in [0.25, 0.3) is 5.91 Å². The Morgan fingerprint density at radius 1 is 1.11 bits per heavy atom. The number of carbonyl (C=O) groups is 1. The van der Waals surface area contributed by atoms with Gasteiger partial charge in [-0.05, 0) is 31.5 Å². The molecular formula is C20H20N2O3S2. The minimum atomic E-state index is -3.42. The molecule has 27 heavy (non-hydrogen) atoms. The van der Waals surface area contributed by atoms with E-state index in [2.05, 4.69) is 16.4 Å². The van der Waals surface area contributed by atoms with Gasteiger partial charge in [-0.1, -0.05) is 42.0 Å². The maximum absolute atomic E-state index is 12.3. The van der Waals surface area contributed by atoms with Gasteiger partial charge in [0.15, 0.2) is 9.84 Å². The summed E-state index contributed by atoms with van der Waals surface area (Å²) in [7, 11) is -3.42. The van der Waals surface area contributed by atoms with Crippen LogP contribution < -0.4 is 5.32 Å². The predicted molar refractivity (Wildman–Crippen MR) is 108 cm³/mol. The van der Waals surface area contributed by atoms with E-state index in [1.54, 1.807) is 35.7 Å². The van der Waals surface area contributed by atoms with Crippen LogP contribution in [0.1, 0.15) is 21.6 Å². The molecule has 1 heterocycles. The van der Waals surface area contributed by atoms with Crippen molar-refractivity contribution in [2.75, 3.05) is 12.3 Å². The van der Waals surface area contributed by atoms with Gasteiger partial charge in [-0.3, -0.25) is 4.79 Å². The molecule has 0 aliphatic heterocycles. The molecule has 0 aliphatic carbocycles. The van der Waals surface area contributed by atoms with Gasteiger partial charge in [-0.15, -0.1) is 11.3 Å². The Kier molecular flexibility index (Phi) is 5.72. The fourth-order valence-corrected chi connectivity index (χ4v) is 4.76. The predicted octanol–water partition coefficient (Wildman–Crippen LogP) is 3.63. The number of hydrogen-bond donors (Lipinski definition) is 1. The number of amides is 1. The fourth-order valence-electron chi connectivity index (χ4n) is 2.69. The van der Waals surface area contributed by atoms with Crippen LogP contribution in [0.15, 0.2) is 58.8 Å². The van der Waals surface area contributed by atoms with Crippen molar-refractivity contribution in [2.45, 2.75) is 18.7 Å². The normalized spacial score (nSPS) is 11.3. The lowest BCUT2D eigenvalue weighted by molar-refractivity contribution is 0.0952. The largest absolute Gasteiger partial charge is 0.350 e. The molecule has 3 aromatic rings. The van der Waals surface area contributed by atoms with E-state index in [-0.39, 0.29) is 23.1 Å². The van der Waals surface area contributed by atoms with Crippen molar-refractivity contribution in [3.63, 3.8) is 0 Å². The van der Waals surface area contributed by atoms with E-state index in [1.165, 1.54) is 16.9 Å². The Hall–Kier alpha value is -2.51. The highest BCUT2D eigenvalue weighted by atomic mass is 32.2. The fraction of sp³-hybridized carbons (Fsp3) is 0.200. The topological polar surface area (TPSA) is 76.1 Å². The van der Waals surface area contributed by atoms with Crippen LogP contribution in [0, 0.1) is 13.8 Å². The van der Waals surface area contributed by atoms with Gasteiger partial charge in [-0.25, -0.2) is 13.4 Å². The highest BCUT2D eigenvalue weighted by Gasteiger charge is 2.16. The Bertz CT molecular complexity index is 1060. The van der Waals surface area contributed by atoms with Crippen molar-refractivity contribution in [1.29, 1.82) is 0 Å². The Balaban J connectivity index is 1.63. The maximum atomic E-state index is 12.3. The molecule has 3 rings (SSSR count). The number of aryl methyl sites for hydroxylation is 2. The maximum Gasteiger partial charge on any atom is 0.270 e. The van der Waals surface area contributed by atoms with Crippen LogP contribution >= 0.6 is 11.3 Å². The lowest BCUT2D eigenvalue weighted by Crippen LogP contribution is -2.29. The third-order valence-corrected chi connectivity index (χ3v) is 6.72. The first-order chi connectivity index (χ1) is 12.9. The number of carbonyl (C=O) groups excluding carboxylic acids is 1. The number of aromatic nitrogens is 1. The van der Waals surface area contributed by atoms with Gasteiger partial charge >= 0.3 is 0 Å². The summed E-state index contributed by atoms with van der Waals surface area (Å²) in [6.07, 6.45) is 0. The second-order valence-corrected chi connectivity index (χ2v) is 9.21. The van der Waals surface area contributed by atoms with Gasteiger partial charge < -0.3 is 5.32 Å². The van der Waals surface area contributed by atoms with Gasteiger partial charge in [0, 0.05) is 17.5 Å². The quantitative estimate of drug-likeness (QED) is 0.685. The summed E-state index contributed by atoms with van der Waals surface area (Å²) in [5.74, 6) is -0.526. The number of rotatable bonds is 6. The first-order valence-corrected chi connectivity index (χ1v) is 11.0. The standard InChI is InChI=1S/C20H20N2O3S2/c1-14-8-9-17(15(2)12-14)20-22-18(13-26-20)19(23)21-10-11-27(24,25)16-6-4-3-5-7-16/h3-9,12-13H,10-11H2,1-2H3,(H,21,23). The summed E-state index contributed by atoms with van der Waals surface area (Å²) in [6.45, 7) is 4.07. The zero-order valence-corrected chi connectivity index (χ0v) is 16.7. The molecule has 0 saturated carbocycles. The molecule has 1 amide bonds. The molecule has 0 aliphatic rings. The zero-order valence-electron chi connectivity index (χ0n) is 15.1. The number of thiazole rings is 1. The van der Waals surface area contributed by atoms with Crippen LogP contribution in [0.3, 0.4) is 0 Å². The molecule has 2 aromatic carbocycles. The van der Waals surface area contributed by atoms with Crippen LogP contribution in [0.25, 0.3) is 10.6 Å². The molecule has 0 spiro atoms. The third-order valence-electron chi connectivity index (χ3n) is 4.11. The number of nitrogens with zero attached hydrogens (tertiary/aromatic N) is 1. The van der Waals surface area contributed by atoms with E-state index in [0.717, 1.165) is 16.1 Å². The van der Waals surface area contributed by atoms with E-state index in [9.17, 15) is 13.2 Å². The van der Waals surface area contributed by atoms with E-state index >= 15 is 0 Å².